The van der Waals surface area contributed by atoms with Crippen molar-refractivity contribution in [2.24, 2.45) is 5.92 Å². The molecule has 4 nitrogen and oxygen atoms in total. The van der Waals surface area contributed by atoms with Crippen molar-refractivity contribution < 1.29 is 8.42 Å². The Morgan fingerprint density at radius 3 is 2.42 bits per heavy atom. The van der Waals surface area contributed by atoms with Gasteiger partial charge in [0, 0.05) is 13.1 Å². The Hall–Kier alpha value is -0.910. The van der Waals surface area contributed by atoms with Crippen molar-refractivity contribution in [3.8, 4) is 0 Å². The molecule has 0 bridgehead atoms. The fourth-order valence-electron chi connectivity index (χ4n) is 2.53. The van der Waals surface area contributed by atoms with Crippen LogP contribution >= 0.6 is 0 Å². The third-order valence-corrected chi connectivity index (χ3v) is 5.67. The van der Waals surface area contributed by atoms with Crippen LogP contribution in [0.15, 0.2) is 35.2 Å². The van der Waals surface area contributed by atoms with Crippen LogP contribution in [0.5, 0.6) is 0 Å². The van der Waals surface area contributed by atoms with Crippen LogP contribution in [0.4, 0.5) is 0 Å². The highest BCUT2D eigenvalue weighted by Crippen LogP contribution is 2.25. The lowest BCUT2D eigenvalue weighted by Crippen LogP contribution is -2.38. The average Bonchev–Trinajstić information content (AvgIpc) is 2.46. The molecule has 0 amide bonds. The molecule has 1 heterocycles. The molecule has 2 rings (SSSR count). The van der Waals surface area contributed by atoms with Crippen LogP contribution in [0.25, 0.3) is 0 Å². The Labute approximate surface area is 115 Å². The van der Waals surface area contributed by atoms with Gasteiger partial charge in [-0.2, -0.15) is 4.31 Å². The van der Waals surface area contributed by atoms with Crippen molar-refractivity contribution in [3.63, 3.8) is 0 Å². The molecule has 1 aliphatic rings. The molecule has 0 atom stereocenters. The minimum absolute atomic E-state index is 0.406. The van der Waals surface area contributed by atoms with Gasteiger partial charge in [-0.3, -0.25) is 0 Å². The monoisotopic (exact) mass is 282 g/mol. The molecule has 0 aliphatic carbocycles. The first-order valence-corrected chi connectivity index (χ1v) is 8.28. The quantitative estimate of drug-likeness (QED) is 0.894. The molecule has 0 spiro atoms. The molecule has 106 valence electrons. The molecule has 19 heavy (non-hydrogen) atoms. The Morgan fingerprint density at radius 2 is 1.84 bits per heavy atom. The number of benzene rings is 1. The summed E-state index contributed by atoms with van der Waals surface area (Å²) >= 11 is 0. The molecule has 1 aromatic rings. The summed E-state index contributed by atoms with van der Waals surface area (Å²) in [5, 5.41) is 3.15. The van der Waals surface area contributed by atoms with Crippen molar-refractivity contribution in [2.75, 3.05) is 26.7 Å². The van der Waals surface area contributed by atoms with Gasteiger partial charge in [-0.25, -0.2) is 8.42 Å². The number of rotatable bonds is 5. The van der Waals surface area contributed by atoms with Crippen LogP contribution < -0.4 is 5.32 Å². The maximum atomic E-state index is 12.4. The largest absolute Gasteiger partial charge is 0.320 e. The predicted molar refractivity (Wildman–Crippen MR) is 76.5 cm³/mol. The lowest BCUT2D eigenvalue weighted by atomic mass is 9.95. The molecular weight excluding hydrogens is 260 g/mol. The number of hydrogen-bond donors (Lipinski definition) is 1. The Kier molecular flexibility index (Phi) is 4.96. The topological polar surface area (TPSA) is 49.4 Å². The van der Waals surface area contributed by atoms with E-state index in [0.29, 0.717) is 23.9 Å². The van der Waals surface area contributed by atoms with Crippen molar-refractivity contribution >= 4 is 10.0 Å². The van der Waals surface area contributed by atoms with E-state index in [2.05, 4.69) is 5.32 Å². The van der Waals surface area contributed by atoms with Gasteiger partial charge in [0.25, 0.3) is 0 Å². The van der Waals surface area contributed by atoms with Crippen molar-refractivity contribution in [2.45, 2.75) is 24.2 Å². The van der Waals surface area contributed by atoms with Gasteiger partial charge < -0.3 is 5.32 Å². The summed E-state index contributed by atoms with van der Waals surface area (Å²) in [6.07, 6.45) is 3.07. The number of nitrogens with one attached hydrogen (secondary N) is 1. The SMILES string of the molecule is CNCCC1CCN(S(=O)(=O)c2ccccc2)CC1. The number of hydrogen-bond acceptors (Lipinski definition) is 3. The van der Waals surface area contributed by atoms with Gasteiger partial charge in [-0.1, -0.05) is 18.2 Å². The fraction of sp³-hybridized carbons (Fsp3) is 0.571. The third-order valence-electron chi connectivity index (χ3n) is 3.76. The highest BCUT2D eigenvalue weighted by atomic mass is 32.2. The van der Waals surface area contributed by atoms with E-state index < -0.39 is 10.0 Å². The van der Waals surface area contributed by atoms with Gasteiger partial charge in [0.15, 0.2) is 0 Å². The summed E-state index contributed by atoms with van der Waals surface area (Å²) < 4.78 is 26.5. The van der Waals surface area contributed by atoms with Crippen LogP contribution in [-0.2, 0) is 10.0 Å². The second-order valence-corrected chi connectivity index (χ2v) is 6.99. The van der Waals surface area contributed by atoms with E-state index in [-0.39, 0.29) is 0 Å². The number of piperidine rings is 1. The van der Waals surface area contributed by atoms with Gasteiger partial charge in [0.05, 0.1) is 4.90 Å². The standard InChI is InChI=1S/C14H22N2O2S/c1-15-10-7-13-8-11-16(12-9-13)19(17,18)14-5-3-2-4-6-14/h2-6,13,15H,7-12H2,1H3. The van der Waals surface area contributed by atoms with Gasteiger partial charge in [-0.05, 0) is 50.9 Å². The second kappa shape index (κ2) is 6.50. The van der Waals surface area contributed by atoms with Gasteiger partial charge in [0.2, 0.25) is 10.0 Å². The van der Waals surface area contributed by atoms with E-state index >= 15 is 0 Å². The first-order valence-electron chi connectivity index (χ1n) is 6.84. The number of nitrogens with zero attached hydrogens (tertiary/aromatic N) is 1. The lowest BCUT2D eigenvalue weighted by Gasteiger charge is -2.31. The van der Waals surface area contributed by atoms with Gasteiger partial charge >= 0.3 is 0 Å². The Bertz CT molecular complexity index is 479. The van der Waals surface area contributed by atoms with Crippen LogP contribution in [0.3, 0.4) is 0 Å². The van der Waals surface area contributed by atoms with Crippen LogP contribution in [-0.4, -0.2) is 39.4 Å². The van der Waals surface area contributed by atoms with Gasteiger partial charge in [0.1, 0.15) is 0 Å². The molecule has 0 saturated carbocycles. The third kappa shape index (κ3) is 3.55. The predicted octanol–water partition coefficient (Wildman–Crippen LogP) is 1.70. The summed E-state index contributed by atoms with van der Waals surface area (Å²) in [4.78, 5) is 0.406. The van der Waals surface area contributed by atoms with E-state index in [1.165, 1.54) is 0 Å². The average molecular weight is 282 g/mol. The summed E-state index contributed by atoms with van der Waals surface area (Å²) in [5.74, 6) is 0.648. The van der Waals surface area contributed by atoms with E-state index in [1.54, 1.807) is 28.6 Å². The van der Waals surface area contributed by atoms with Crippen molar-refractivity contribution in [3.05, 3.63) is 30.3 Å². The maximum Gasteiger partial charge on any atom is 0.243 e. The fourth-order valence-corrected chi connectivity index (χ4v) is 4.02. The highest BCUT2D eigenvalue weighted by molar-refractivity contribution is 7.89. The van der Waals surface area contributed by atoms with Crippen LogP contribution in [0.2, 0.25) is 0 Å². The molecule has 1 saturated heterocycles. The van der Waals surface area contributed by atoms with Gasteiger partial charge in [-0.15, -0.1) is 0 Å². The molecule has 1 aromatic carbocycles. The summed E-state index contributed by atoms with van der Waals surface area (Å²) in [6, 6.07) is 8.72. The van der Waals surface area contributed by atoms with E-state index in [1.807, 2.05) is 13.1 Å². The lowest BCUT2D eigenvalue weighted by molar-refractivity contribution is 0.263. The molecule has 1 fully saturated rings. The first-order chi connectivity index (χ1) is 9.14. The zero-order chi connectivity index (χ0) is 13.7. The summed E-state index contributed by atoms with van der Waals surface area (Å²) in [5.41, 5.74) is 0. The smallest absolute Gasteiger partial charge is 0.243 e. The van der Waals surface area contributed by atoms with Crippen molar-refractivity contribution in [1.29, 1.82) is 0 Å². The maximum absolute atomic E-state index is 12.4. The zero-order valence-electron chi connectivity index (χ0n) is 11.4. The van der Waals surface area contributed by atoms with Crippen molar-refractivity contribution in [1.82, 2.24) is 9.62 Å². The number of sulfonamides is 1. The van der Waals surface area contributed by atoms with E-state index in [0.717, 1.165) is 25.8 Å². The van der Waals surface area contributed by atoms with E-state index in [4.69, 9.17) is 0 Å². The Balaban J connectivity index is 1.98. The molecule has 5 heteroatoms. The van der Waals surface area contributed by atoms with Crippen LogP contribution in [0.1, 0.15) is 19.3 Å². The van der Waals surface area contributed by atoms with E-state index in [9.17, 15) is 8.42 Å². The Morgan fingerprint density at radius 1 is 1.21 bits per heavy atom. The molecule has 1 aliphatic heterocycles. The highest BCUT2D eigenvalue weighted by Gasteiger charge is 2.28. The summed E-state index contributed by atoms with van der Waals surface area (Å²) in [7, 11) is -1.33. The molecular formula is C14H22N2O2S. The summed E-state index contributed by atoms with van der Waals surface area (Å²) in [6.45, 7) is 2.30. The first kappa shape index (κ1) is 14.5. The minimum atomic E-state index is -3.29. The normalized spacial score (nSPS) is 18.6. The molecule has 1 N–H and O–H groups in total. The minimum Gasteiger partial charge on any atom is -0.320 e. The second-order valence-electron chi connectivity index (χ2n) is 5.05. The zero-order valence-corrected chi connectivity index (χ0v) is 12.2. The molecule has 0 unspecified atom stereocenters. The molecule has 0 radical (unpaired) electrons. The van der Waals surface area contributed by atoms with Crippen LogP contribution in [0, 0.1) is 5.92 Å². The molecule has 0 aromatic heterocycles.